The van der Waals surface area contributed by atoms with Crippen LogP contribution in [-0.2, 0) is 9.47 Å². The fourth-order valence-electron chi connectivity index (χ4n) is 3.01. The Morgan fingerprint density at radius 3 is 2.79 bits per heavy atom. The molecule has 1 aromatic carbocycles. The van der Waals surface area contributed by atoms with E-state index in [0.717, 1.165) is 30.4 Å². The van der Waals surface area contributed by atoms with Gasteiger partial charge in [-0.25, -0.2) is 19.2 Å². The van der Waals surface area contributed by atoms with E-state index in [1.54, 1.807) is 24.5 Å². The average Bonchev–Trinajstić information content (AvgIpc) is 3.24. The van der Waals surface area contributed by atoms with Gasteiger partial charge in [-0.15, -0.1) is 0 Å². The summed E-state index contributed by atoms with van der Waals surface area (Å²) in [6.07, 6.45) is 4.76. The molecule has 154 valence electrons. The zero-order chi connectivity index (χ0) is 20.4. The second-order valence-corrected chi connectivity index (χ2v) is 8.20. The number of alkyl carbamates (subject to hydrolysis) is 1. The molecular formula is C19H22FN5O3S. The third-order valence-corrected chi connectivity index (χ3v) is 5.53. The van der Waals surface area contributed by atoms with Crippen molar-refractivity contribution < 1.29 is 18.7 Å². The minimum Gasteiger partial charge on any atom is -0.444 e. The average molecular weight is 419 g/mol. The van der Waals surface area contributed by atoms with Gasteiger partial charge >= 0.3 is 6.09 Å². The van der Waals surface area contributed by atoms with Gasteiger partial charge in [-0.1, -0.05) is 0 Å². The number of carbonyl (C=O) groups excluding carboxylic acids is 1. The third-order valence-electron chi connectivity index (χ3n) is 5.00. The first kappa shape index (κ1) is 19.9. The van der Waals surface area contributed by atoms with Crippen LogP contribution >= 0.6 is 11.9 Å². The van der Waals surface area contributed by atoms with Gasteiger partial charge in [0, 0.05) is 34.8 Å². The van der Waals surface area contributed by atoms with E-state index in [1.165, 1.54) is 6.07 Å². The number of nitrogens with one attached hydrogen (secondary N) is 2. The second kappa shape index (κ2) is 8.13. The van der Waals surface area contributed by atoms with Crippen LogP contribution in [-0.4, -0.2) is 34.3 Å². The number of benzene rings is 1. The summed E-state index contributed by atoms with van der Waals surface area (Å²) >= 11 is 0.975. The first-order valence-electron chi connectivity index (χ1n) is 9.30. The molecule has 1 aliphatic carbocycles. The number of nitrogens with two attached hydrogens (primary N) is 1. The highest BCUT2D eigenvalue weighted by Gasteiger charge is 2.40. The number of halogens is 1. The maximum absolute atomic E-state index is 14.0. The van der Waals surface area contributed by atoms with Gasteiger partial charge in [0.15, 0.2) is 0 Å². The van der Waals surface area contributed by atoms with Crippen molar-refractivity contribution in [1.29, 1.82) is 0 Å². The Balaban J connectivity index is 1.32. The van der Waals surface area contributed by atoms with Crippen LogP contribution in [0.25, 0.3) is 0 Å². The molecule has 4 N–H and O–H groups in total. The summed E-state index contributed by atoms with van der Waals surface area (Å²) in [5.74, 6) is -0.172. The summed E-state index contributed by atoms with van der Waals surface area (Å²) in [5, 5.41) is 11.1. The van der Waals surface area contributed by atoms with Crippen molar-refractivity contribution in [3.05, 3.63) is 42.0 Å². The fraction of sp³-hybridized carbons (Fsp3) is 0.421. The summed E-state index contributed by atoms with van der Waals surface area (Å²) in [4.78, 5) is 21.0. The van der Waals surface area contributed by atoms with Gasteiger partial charge < -0.3 is 20.1 Å². The number of aromatic nitrogens is 2. The maximum Gasteiger partial charge on any atom is 0.407 e. The van der Waals surface area contributed by atoms with Crippen LogP contribution < -0.4 is 15.8 Å². The van der Waals surface area contributed by atoms with Gasteiger partial charge in [0.05, 0.1) is 18.4 Å². The third kappa shape index (κ3) is 4.95. The molecule has 2 aromatic rings. The highest BCUT2D eigenvalue weighted by atomic mass is 32.2. The minimum atomic E-state index is -0.439. The Morgan fingerprint density at radius 2 is 2.14 bits per heavy atom. The van der Waals surface area contributed by atoms with Crippen LogP contribution in [0.4, 0.5) is 20.8 Å². The molecule has 1 saturated carbocycles. The largest absolute Gasteiger partial charge is 0.444 e. The number of hydrogen-bond donors (Lipinski definition) is 3. The SMILES string of the molecule is CC1(NC(=O)OC2COC(c3cnc(Nc4ccc(SN)cc4F)nc3)C2)CC1. The molecule has 1 amide bonds. The smallest absolute Gasteiger partial charge is 0.407 e. The summed E-state index contributed by atoms with van der Waals surface area (Å²) in [7, 11) is 0. The Kier molecular flexibility index (Phi) is 5.57. The van der Waals surface area contributed by atoms with E-state index in [-0.39, 0.29) is 29.4 Å². The Morgan fingerprint density at radius 1 is 1.38 bits per heavy atom. The highest BCUT2D eigenvalue weighted by Crippen LogP contribution is 2.35. The van der Waals surface area contributed by atoms with Crippen LogP contribution in [0, 0.1) is 5.82 Å². The van der Waals surface area contributed by atoms with Crippen LogP contribution in [0.1, 0.15) is 37.9 Å². The molecule has 2 heterocycles. The lowest BCUT2D eigenvalue weighted by atomic mass is 10.1. The number of nitrogens with zero attached hydrogens (tertiary/aromatic N) is 2. The molecule has 2 aliphatic rings. The van der Waals surface area contributed by atoms with Crippen LogP contribution in [0.2, 0.25) is 0 Å². The second-order valence-electron chi connectivity index (χ2n) is 7.50. The monoisotopic (exact) mass is 419 g/mol. The number of anilines is 2. The topological polar surface area (TPSA) is 111 Å². The summed E-state index contributed by atoms with van der Waals surface area (Å²) in [6.45, 7) is 2.32. The molecule has 4 rings (SSSR count). The van der Waals surface area contributed by atoms with Crippen molar-refractivity contribution in [2.75, 3.05) is 11.9 Å². The van der Waals surface area contributed by atoms with Crippen LogP contribution in [0.3, 0.4) is 0 Å². The summed E-state index contributed by atoms with van der Waals surface area (Å²) in [6, 6.07) is 4.63. The van der Waals surface area contributed by atoms with E-state index >= 15 is 0 Å². The molecule has 0 bridgehead atoms. The minimum absolute atomic E-state index is 0.116. The van der Waals surface area contributed by atoms with Gasteiger partial charge in [-0.05, 0) is 49.9 Å². The molecule has 29 heavy (non-hydrogen) atoms. The van der Waals surface area contributed by atoms with Crippen molar-refractivity contribution in [2.24, 2.45) is 5.14 Å². The predicted octanol–water partition coefficient (Wildman–Crippen LogP) is 3.43. The molecule has 1 aliphatic heterocycles. The summed E-state index contributed by atoms with van der Waals surface area (Å²) < 4.78 is 25.2. The Labute approximate surface area is 171 Å². The van der Waals surface area contributed by atoms with E-state index in [4.69, 9.17) is 14.6 Å². The zero-order valence-corrected chi connectivity index (χ0v) is 16.7. The van der Waals surface area contributed by atoms with Gasteiger partial charge in [0.2, 0.25) is 5.95 Å². The van der Waals surface area contributed by atoms with E-state index in [0.29, 0.717) is 17.9 Å². The Hall–Kier alpha value is -2.43. The van der Waals surface area contributed by atoms with E-state index in [2.05, 4.69) is 20.6 Å². The molecule has 1 saturated heterocycles. The molecule has 2 fully saturated rings. The molecule has 0 radical (unpaired) electrons. The number of rotatable bonds is 6. The van der Waals surface area contributed by atoms with Gasteiger partial charge in [0.1, 0.15) is 11.9 Å². The molecular weight excluding hydrogens is 397 g/mol. The summed E-state index contributed by atoms with van der Waals surface area (Å²) in [5.41, 5.74) is 0.915. The quantitative estimate of drug-likeness (QED) is 0.611. The molecule has 2 unspecified atom stereocenters. The standard InChI is InChI=1S/C19H22FN5O3S/c1-19(4-5-19)25-18(26)28-12-6-16(27-10-12)11-8-22-17(23-9-11)24-15-3-2-13(29-21)7-14(15)20/h2-3,7-9,12,16H,4-6,10,21H2,1H3,(H,25,26)(H,22,23,24). The zero-order valence-electron chi connectivity index (χ0n) is 15.9. The van der Waals surface area contributed by atoms with Crippen molar-refractivity contribution in [1.82, 2.24) is 15.3 Å². The van der Waals surface area contributed by atoms with Gasteiger partial charge in [0.25, 0.3) is 0 Å². The van der Waals surface area contributed by atoms with Gasteiger partial charge in [-0.3, -0.25) is 5.14 Å². The fourth-order valence-corrected chi connectivity index (χ4v) is 3.33. The molecule has 0 spiro atoms. The van der Waals surface area contributed by atoms with Crippen molar-refractivity contribution in [2.45, 2.75) is 48.8 Å². The van der Waals surface area contributed by atoms with Crippen molar-refractivity contribution in [3.8, 4) is 0 Å². The lowest BCUT2D eigenvalue weighted by Gasteiger charge is -2.15. The van der Waals surface area contributed by atoms with E-state index in [9.17, 15) is 9.18 Å². The first-order chi connectivity index (χ1) is 13.9. The molecule has 8 nitrogen and oxygen atoms in total. The predicted molar refractivity (Wildman–Crippen MR) is 106 cm³/mol. The number of amides is 1. The lowest BCUT2D eigenvalue weighted by molar-refractivity contribution is 0.0683. The van der Waals surface area contributed by atoms with Crippen molar-refractivity contribution >= 4 is 29.7 Å². The number of ether oxygens (including phenoxy) is 2. The Bertz CT molecular complexity index is 894. The van der Waals surface area contributed by atoms with E-state index in [1.807, 2.05) is 6.92 Å². The van der Waals surface area contributed by atoms with Crippen molar-refractivity contribution in [3.63, 3.8) is 0 Å². The van der Waals surface area contributed by atoms with E-state index < -0.39 is 11.9 Å². The number of carbonyl (C=O) groups is 1. The highest BCUT2D eigenvalue weighted by molar-refractivity contribution is 7.97. The molecule has 10 heteroatoms. The van der Waals surface area contributed by atoms with Crippen LogP contribution in [0.15, 0.2) is 35.5 Å². The van der Waals surface area contributed by atoms with Crippen LogP contribution in [0.5, 0.6) is 0 Å². The van der Waals surface area contributed by atoms with Gasteiger partial charge in [-0.2, -0.15) is 0 Å². The maximum atomic E-state index is 14.0. The normalized spacial score (nSPS) is 22.2. The molecule has 1 aromatic heterocycles. The number of hydrogen-bond acceptors (Lipinski definition) is 8. The lowest BCUT2D eigenvalue weighted by Crippen LogP contribution is -2.37. The molecule has 2 atom stereocenters. The first-order valence-corrected chi connectivity index (χ1v) is 10.2.